The minimum absolute atomic E-state index is 0.445. The second-order valence-corrected chi connectivity index (χ2v) is 6.32. The Hall–Kier alpha value is -1.02. The molecule has 1 aromatic rings. The molecule has 1 saturated carbocycles. The van der Waals surface area contributed by atoms with E-state index in [4.69, 9.17) is 5.73 Å². The van der Waals surface area contributed by atoms with E-state index in [0.717, 1.165) is 5.92 Å². The van der Waals surface area contributed by atoms with Gasteiger partial charge in [0.1, 0.15) is 0 Å². The Morgan fingerprint density at radius 2 is 2.00 bits per heavy atom. The number of rotatable bonds is 2. The van der Waals surface area contributed by atoms with Gasteiger partial charge in [-0.25, -0.2) is 0 Å². The van der Waals surface area contributed by atoms with E-state index in [0.29, 0.717) is 6.04 Å². The number of aryl methyl sites for hydroxylation is 1. The standard InChI is InChI=1S/C17H26N2/c18-16-9-5-6-14(12-16)13-19-11-4-3-8-15-7-1-2-10-17(15)19/h1-2,7,10,14,16H,3-6,8-9,11-13,18H2. The lowest BCUT2D eigenvalue weighted by Gasteiger charge is -2.33. The molecule has 1 aliphatic heterocycles. The zero-order valence-electron chi connectivity index (χ0n) is 11.9. The van der Waals surface area contributed by atoms with Crippen molar-refractivity contribution in [3.63, 3.8) is 0 Å². The van der Waals surface area contributed by atoms with E-state index in [1.54, 1.807) is 5.56 Å². The van der Waals surface area contributed by atoms with E-state index >= 15 is 0 Å². The number of anilines is 1. The van der Waals surface area contributed by atoms with Gasteiger partial charge in [0.2, 0.25) is 0 Å². The fourth-order valence-electron chi connectivity index (χ4n) is 3.77. The van der Waals surface area contributed by atoms with Gasteiger partial charge in [-0.2, -0.15) is 0 Å². The highest BCUT2D eigenvalue weighted by molar-refractivity contribution is 5.54. The lowest BCUT2D eigenvalue weighted by atomic mass is 9.85. The van der Waals surface area contributed by atoms with Gasteiger partial charge in [-0.05, 0) is 56.1 Å². The Labute approximate surface area is 117 Å². The molecule has 1 heterocycles. The SMILES string of the molecule is NC1CCCC(CN2CCCCc3ccccc32)C1. The number of para-hydroxylation sites is 1. The molecule has 3 rings (SSSR count). The summed E-state index contributed by atoms with van der Waals surface area (Å²) < 4.78 is 0. The molecule has 1 fully saturated rings. The topological polar surface area (TPSA) is 29.3 Å². The Balaban J connectivity index is 1.73. The molecule has 2 unspecified atom stereocenters. The van der Waals surface area contributed by atoms with E-state index in [1.807, 2.05) is 0 Å². The lowest BCUT2D eigenvalue weighted by Crippen LogP contribution is -2.36. The Kier molecular flexibility index (Phi) is 4.07. The van der Waals surface area contributed by atoms with Crippen LogP contribution in [0.25, 0.3) is 0 Å². The number of fused-ring (bicyclic) bond motifs is 1. The molecule has 19 heavy (non-hydrogen) atoms. The number of benzene rings is 1. The summed E-state index contributed by atoms with van der Waals surface area (Å²) in [5.41, 5.74) is 9.16. The maximum atomic E-state index is 6.14. The van der Waals surface area contributed by atoms with Crippen LogP contribution in [0.4, 0.5) is 5.69 Å². The predicted octanol–water partition coefficient (Wildman–Crippen LogP) is 3.35. The molecule has 0 spiro atoms. The molecule has 2 aliphatic rings. The van der Waals surface area contributed by atoms with Crippen LogP contribution in [0, 0.1) is 5.92 Å². The van der Waals surface area contributed by atoms with Crippen molar-refractivity contribution in [3.05, 3.63) is 29.8 Å². The van der Waals surface area contributed by atoms with Gasteiger partial charge < -0.3 is 10.6 Å². The van der Waals surface area contributed by atoms with Crippen LogP contribution in [0.2, 0.25) is 0 Å². The number of nitrogens with two attached hydrogens (primary N) is 1. The molecule has 2 nitrogen and oxygen atoms in total. The van der Waals surface area contributed by atoms with Crippen LogP contribution in [0.1, 0.15) is 44.1 Å². The maximum absolute atomic E-state index is 6.14. The Bertz CT molecular complexity index is 415. The van der Waals surface area contributed by atoms with Crippen LogP contribution in [0.5, 0.6) is 0 Å². The van der Waals surface area contributed by atoms with Crippen LogP contribution in [-0.2, 0) is 6.42 Å². The number of nitrogens with zero attached hydrogens (tertiary/aromatic N) is 1. The minimum atomic E-state index is 0.445. The van der Waals surface area contributed by atoms with Gasteiger partial charge in [-0.3, -0.25) is 0 Å². The van der Waals surface area contributed by atoms with Crippen LogP contribution in [-0.4, -0.2) is 19.1 Å². The van der Waals surface area contributed by atoms with Crippen molar-refractivity contribution in [1.29, 1.82) is 0 Å². The first kappa shape index (κ1) is 13.0. The van der Waals surface area contributed by atoms with Crippen LogP contribution in [0.15, 0.2) is 24.3 Å². The zero-order chi connectivity index (χ0) is 13.1. The second-order valence-electron chi connectivity index (χ2n) is 6.32. The van der Waals surface area contributed by atoms with E-state index in [9.17, 15) is 0 Å². The van der Waals surface area contributed by atoms with E-state index in [1.165, 1.54) is 63.7 Å². The molecule has 0 radical (unpaired) electrons. The molecule has 1 aliphatic carbocycles. The summed E-state index contributed by atoms with van der Waals surface area (Å²) in [6.45, 7) is 2.44. The largest absolute Gasteiger partial charge is 0.371 e. The van der Waals surface area contributed by atoms with Gasteiger partial charge in [-0.1, -0.05) is 24.6 Å². The third-order valence-corrected chi connectivity index (χ3v) is 4.76. The van der Waals surface area contributed by atoms with Crippen molar-refractivity contribution in [2.75, 3.05) is 18.0 Å². The molecule has 0 bridgehead atoms. The highest BCUT2D eigenvalue weighted by Gasteiger charge is 2.23. The van der Waals surface area contributed by atoms with Gasteiger partial charge in [0, 0.05) is 24.8 Å². The fourth-order valence-corrected chi connectivity index (χ4v) is 3.77. The van der Waals surface area contributed by atoms with Gasteiger partial charge in [0.25, 0.3) is 0 Å². The van der Waals surface area contributed by atoms with Crippen molar-refractivity contribution in [2.45, 2.75) is 51.0 Å². The molecule has 0 amide bonds. The van der Waals surface area contributed by atoms with Crippen molar-refractivity contribution < 1.29 is 0 Å². The van der Waals surface area contributed by atoms with Crippen molar-refractivity contribution in [1.82, 2.24) is 0 Å². The third kappa shape index (κ3) is 3.11. The first-order valence-corrected chi connectivity index (χ1v) is 7.91. The first-order chi connectivity index (χ1) is 9.33. The third-order valence-electron chi connectivity index (χ3n) is 4.76. The van der Waals surface area contributed by atoms with Crippen LogP contribution < -0.4 is 10.6 Å². The molecule has 2 atom stereocenters. The summed E-state index contributed by atoms with van der Waals surface area (Å²) in [5.74, 6) is 0.801. The summed E-state index contributed by atoms with van der Waals surface area (Å²) in [5, 5.41) is 0. The Morgan fingerprint density at radius 3 is 2.89 bits per heavy atom. The van der Waals surface area contributed by atoms with Crippen LogP contribution in [0.3, 0.4) is 0 Å². The summed E-state index contributed by atoms with van der Waals surface area (Å²) in [6, 6.07) is 9.42. The average Bonchev–Trinajstić information content (AvgIpc) is 2.62. The van der Waals surface area contributed by atoms with Gasteiger partial charge >= 0.3 is 0 Å². The average molecular weight is 258 g/mol. The minimum Gasteiger partial charge on any atom is -0.371 e. The van der Waals surface area contributed by atoms with Crippen molar-refractivity contribution >= 4 is 5.69 Å². The highest BCUT2D eigenvalue weighted by Crippen LogP contribution is 2.30. The lowest BCUT2D eigenvalue weighted by molar-refractivity contribution is 0.323. The molecule has 2 N–H and O–H groups in total. The highest BCUT2D eigenvalue weighted by atomic mass is 15.1. The summed E-state index contributed by atoms with van der Waals surface area (Å²) in [6.07, 6.45) is 9.04. The quantitative estimate of drug-likeness (QED) is 0.881. The smallest absolute Gasteiger partial charge is 0.0398 e. The van der Waals surface area contributed by atoms with E-state index in [2.05, 4.69) is 29.2 Å². The van der Waals surface area contributed by atoms with E-state index < -0.39 is 0 Å². The molecule has 104 valence electrons. The Morgan fingerprint density at radius 1 is 1.11 bits per heavy atom. The van der Waals surface area contributed by atoms with Crippen molar-refractivity contribution in [3.8, 4) is 0 Å². The first-order valence-electron chi connectivity index (χ1n) is 7.91. The molecule has 1 aromatic carbocycles. The molecule has 0 aromatic heterocycles. The summed E-state index contributed by atoms with van der Waals surface area (Å²) in [4.78, 5) is 2.63. The van der Waals surface area contributed by atoms with Crippen molar-refractivity contribution in [2.24, 2.45) is 11.7 Å². The fraction of sp³-hybridized carbons (Fsp3) is 0.647. The maximum Gasteiger partial charge on any atom is 0.0398 e. The normalized spacial score (nSPS) is 27.7. The van der Waals surface area contributed by atoms with Gasteiger partial charge in [0.15, 0.2) is 0 Å². The monoisotopic (exact) mass is 258 g/mol. The summed E-state index contributed by atoms with van der Waals surface area (Å²) in [7, 11) is 0. The molecular weight excluding hydrogens is 232 g/mol. The number of hydrogen-bond acceptors (Lipinski definition) is 2. The van der Waals surface area contributed by atoms with E-state index in [-0.39, 0.29) is 0 Å². The molecular formula is C17H26N2. The molecule has 0 saturated heterocycles. The second kappa shape index (κ2) is 5.96. The predicted molar refractivity (Wildman–Crippen MR) is 81.5 cm³/mol. The van der Waals surface area contributed by atoms with Crippen LogP contribution >= 0.6 is 0 Å². The van der Waals surface area contributed by atoms with Gasteiger partial charge in [-0.15, -0.1) is 0 Å². The summed E-state index contributed by atoms with van der Waals surface area (Å²) >= 11 is 0. The van der Waals surface area contributed by atoms with Gasteiger partial charge in [0.05, 0.1) is 0 Å². The zero-order valence-corrected chi connectivity index (χ0v) is 11.9. The number of hydrogen-bond donors (Lipinski definition) is 1. The molecule has 2 heteroatoms.